The Morgan fingerprint density at radius 2 is 2.00 bits per heavy atom. The predicted molar refractivity (Wildman–Crippen MR) is 101 cm³/mol. The van der Waals surface area contributed by atoms with Crippen molar-refractivity contribution in [2.75, 3.05) is 6.54 Å². The van der Waals surface area contributed by atoms with Crippen LogP contribution >= 0.6 is 0 Å². The van der Waals surface area contributed by atoms with E-state index in [4.69, 9.17) is 5.73 Å². The Kier molecular flexibility index (Phi) is 4.39. The van der Waals surface area contributed by atoms with Gasteiger partial charge in [0, 0.05) is 18.3 Å². The van der Waals surface area contributed by atoms with Crippen molar-refractivity contribution >= 4 is 16.8 Å². The third kappa shape index (κ3) is 3.41. The Morgan fingerprint density at radius 1 is 1.27 bits per heavy atom. The van der Waals surface area contributed by atoms with Crippen LogP contribution in [0.4, 0.5) is 4.39 Å². The maximum atomic E-state index is 14.4. The van der Waals surface area contributed by atoms with Crippen LogP contribution < -0.4 is 5.73 Å². The minimum absolute atomic E-state index is 0.0833. The average Bonchev–Trinajstić information content (AvgIpc) is 3.34. The molecule has 142 valence electrons. The topological polar surface area (TPSA) is 63.4 Å². The molecule has 0 bridgehead atoms. The minimum atomic E-state index is -2.68. The van der Waals surface area contributed by atoms with Crippen LogP contribution in [-0.4, -0.2) is 31.6 Å². The fourth-order valence-corrected chi connectivity index (χ4v) is 5.29. The molecule has 6 heteroatoms. The molecule has 0 amide bonds. The van der Waals surface area contributed by atoms with Crippen LogP contribution in [0.1, 0.15) is 55.4 Å². The lowest BCUT2D eigenvalue weighted by Crippen LogP contribution is -2.37. The summed E-state index contributed by atoms with van der Waals surface area (Å²) >= 11 is 0. The van der Waals surface area contributed by atoms with Gasteiger partial charge in [0.25, 0.3) is 0 Å². The number of allylic oxidation sites excluding steroid dienone is 1. The van der Waals surface area contributed by atoms with Gasteiger partial charge in [-0.3, -0.25) is 0 Å². The van der Waals surface area contributed by atoms with E-state index in [9.17, 15) is 12.8 Å². The van der Waals surface area contributed by atoms with E-state index in [1.807, 2.05) is 6.08 Å². The Balaban J connectivity index is 1.85. The number of alkyl halides is 1. The molecule has 4 rings (SSSR count). The summed E-state index contributed by atoms with van der Waals surface area (Å²) in [5, 5.41) is 0. The number of halogens is 1. The Hall–Kier alpha value is -1.40. The second-order valence-corrected chi connectivity index (χ2v) is 9.58. The molecule has 26 heavy (non-hydrogen) atoms. The second-order valence-electron chi connectivity index (χ2n) is 8.61. The first-order valence-electron chi connectivity index (χ1n) is 9.46. The second kappa shape index (κ2) is 6.34. The van der Waals surface area contributed by atoms with Gasteiger partial charge in [0.05, 0.1) is 11.4 Å². The minimum Gasteiger partial charge on any atom is -0.367 e. The molecule has 1 atom stereocenters. The van der Waals surface area contributed by atoms with Crippen molar-refractivity contribution in [2.24, 2.45) is 11.7 Å². The Labute approximate surface area is 156 Å². The zero-order chi connectivity index (χ0) is 18.6. The third-order valence-corrected chi connectivity index (χ3v) is 6.51. The molecule has 1 aliphatic heterocycles. The van der Waals surface area contributed by atoms with Gasteiger partial charge in [-0.2, -0.15) is 0 Å². The first-order valence-corrected chi connectivity index (χ1v) is 10.6. The van der Waals surface area contributed by atoms with Crippen LogP contribution in [0.5, 0.6) is 0 Å². The summed E-state index contributed by atoms with van der Waals surface area (Å²) in [7, 11) is -2.68. The van der Waals surface area contributed by atoms with Crippen molar-refractivity contribution in [1.82, 2.24) is 4.90 Å². The van der Waals surface area contributed by atoms with E-state index in [0.717, 1.165) is 53.6 Å². The molecule has 1 fully saturated rings. The van der Waals surface area contributed by atoms with E-state index in [0.29, 0.717) is 30.3 Å². The van der Waals surface area contributed by atoms with E-state index < -0.39 is 16.4 Å². The summed E-state index contributed by atoms with van der Waals surface area (Å²) in [5.74, 6) is 0.437. The molecule has 1 aromatic rings. The number of thiol groups is 1. The highest BCUT2D eigenvalue weighted by Crippen LogP contribution is 2.44. The summed E-state index contributed by atoms with van der Waals surface area (Å²) in [5.41, 5.74) is 9.75. The van der Waals surface area contributed by atoms with Crippen molar-refractivity contribution in [2.45, 2.75) is 69.1 Å². The highest BCUT2D eigenvalue weighted by Gasteiger charge is 2.36. The quantitative estimate of drug-likeness (QED) is 0.791. The summed E-state index contributed by atoms with van der Waals surface area (Å²) < 4.78 is 38.6. The summed E-state index contributed by atoms with van der Waals surface area (Å²) in [6.07, 6.45) is 6.48. The lowest BCUT2D eigenvalue weighted by atomic mass is 9.84. The third-order valence-electron chi connectivity index (χ3n) is 5.63. The highest BCUT2D eigenvalue weighted by molar-refractivity contribution is 7.72. The van der Waals surface area contributed by atoms with Crippen molar-refractivity contribution in [1.29, 1.82) is 0 Å². The van der Waals surface area contributed by atoms with Gasteiger partial charge in [-0.25, -0.2) is 12.8 Å². The number of hydrogen-bond acceptors (Lipinski definition) is 4. The average molecular weight is 379 g/mol. The smallest absolute Gasteiger partial charge is 0.169 e. The molecule has 1 unspecified atom stereocenters. The Morgan fingerprint density at radius 3 is 2.62 bits per heavy atom. The Bertz CT molecular complexity index is 842. The molecule has 1 aromatic carbocycles. The summed E-state index contributed by atoms with van der Waals surface area (Å²) in [4.78, 5) is 2.59. The number of benzene rings is 1. The molecule has 0 aromatic heterocycles. The fourth-order valence-electron chi connectivity index (χ4n) is 4.41. The van der Waals surface area contributed by atoms with Gasteiger partial charge < -0.3 is 10.6 Å². The first kappa shape index (κ1) is 18.0. The molecule has 3 aliphatic rings. The van der Waals surface area contributed by atoms with E-state index in [1.54, 1.807) is 13.8 Å². The molecule has 0 spiro atoms. The van der Waals surface area contributed by atoms with Gasteiger partial charge in [0.15, 0.2) is 10.7 Å². The molecular weight excluding hydrogens is 351 g/mol. The number of hydrogen-bond donors (Lipinski definition) is 2. The van der Waals surface area contributed by atoms with E-state index >= 15 is 0 Å². The number of fused-ring (bicyclic) bond motifs is 2. The van der Waals surface area contributed by atoms with Crippen molar-refractivity contribution in [3.8, 4) is 0 Å². The van der Waals surface area contributed by atoms with Crippen LogP contribution in [0.25, 0.3) is 6.08 Å². The standard InChI is InChI=1S/C20H27FN2O2S/c1-20(2,21)11-23-10-14-7-13-8-15(22)5-6-16(13)19(26(24)25)17(14)9-18(23)12-3-4-12/h7,9,12,15,26H,3-6,8,10-11,22H2,1-2H3. The SMILES string of the molecule is CC(C)(F)CN1Cc2cc3c(c([SH](=O)=O)c2C=C1C1CC1)CCC(N)C3. The van der Waals surface area contributed by atoms with Gasteiger partial charge >= 0.3 is 0 Å². The van der Waals surface area contributed by atoms with Crippen LogP contribution in [0.3, 0.4) is 0 Å². The fraction of sp³-hybridized carbons (Fsp3) is 0.600. The zero-order valence-corrected chi connectivity index (χ0v) is 16.3. The molecule has 1 heterocycles. The van der Waals surface area contributed by atoms with Crippen molar-refractivity contribution in [3.63, 3.8) is 0 Å². The van der Waals surface area contributed by atoms with Gasteiger partial charge in [-0.1, -0.05) is 6.07 Å². The molecule has 2 N–H and O–H groups in total. The van der Waals surface area contributed by atoms with Crippen molar-refractivity contribution in [3.05, 3.63) is 34.0 Å². The van der Waals surface area contributed by atoms with Gasteiger partial charge in [-0.15, -0.1) is 0 Å². The van der Waals surface area contributed by atoms with E-state index in [2.05, 4.69) is 11.0 Å². The van der Waals surface area contributed by atoms with Gasteiger partial charge in [-0.05, 0) is 80.2 Å². The maximum absolute atomic E-state index is 14.4. The number of nitrogens with zero attached hydrogens (tertiary/aromatic N) is 1. The first-order chi connectivity index (χ1) is 12.2. The number of nitrogens with two attached hydrogens (primary N) is 1. The summed E-state index contributed by atoms with van der Waals surface area (Å²) in [6.45, 7) is 4.09. The molecule has 0 radical (unpaired) electrons. The lowest BCUT2D eigenvalue weighted by Gasteiger charge is -2.37. The molecule has 4 nitrogen and oxygen atoms in total. The van der Waals surface area contributed by atoms with Crippen LogP contribution in [0, 0.1) is 5.92 Å². The molecule has 1 saturated carbocycles. The normalized spacial score (nSPS) is 22.9. The molecule has 0 saturated heterocycles. The monoisotopic (exact) mass is 378 g/mol. The van der Waals surface area contributed by atoms with Crippen molar-refractivity contribution < 1.29 is 12.8 Å². The van der Waals surface area contributed by atoms with Crippen LogP contribution in [-0.2, 0) is 30.1 Å². The van der Waals surface area contributed by atoms with Gasteiger partial charge in [0.1, 0.15) is 5.67 Å². The molecular formula is C20H27FN2O2S. The maximum Gasteiger partial charge on any atom is 0.169 e. The molecule has 2 aliphatic carbocycles. The largest absolute Gasteiger partial charge is 0.367 e. The highest BCUT2D eigenvalue weighted by atomic mass is 32.2. The predicted octanol–water partition coefficient (Wildman–Crippen LogP) is 2.79. The lowest BCUT2D eigenvalue weighted by molar-refractivity contribution is 0.139. The van der Waals surface area contributed by atoms with Gasteiger partial charge in [0.2, 0.25) is 0 Å². The number of rotatable bonds is 4. The van der Waals surface area contributed by atoms with Crippen LogP contribution in [0.15, 0.2) is 16.7 Å². The van der Waals surface area contributed by atoms with Crippen LogP contribution in [0.2, 0.25) is 0 Å². The van der Waals surface area contributed by atoms with E-state index in [1.165, 1.54) is 0 Å². The summed E-state index contributed by atoms with van der Waals surface area (Å²) in [6, 6.07) is 2.20. The zero-order valence-electron chi connectivity index (χ0n) is 15.4. The van der Waals surface area contributed by atoms with E-state index in [-0.39, 0.29) is 6.04 Å².